The zero-order chi connectivity index (χ0) is 31.2. The molecule has 2 aromatic carbocycles. The van der Waals surface area contributed by atoms with Crippen LogP contribution >= 0.6 is 0 Å². The summed E-state index contributed by atoms with van der Waals surface area (Å²) in [6, 6.07) is 5.86. The molecule has 0 spiro atoms. The predicted octanol–water partition coefficient (Wildman–Crippen LogP) is -1.77. The van der Waals surface area contributed by atoms with Crippen molar-refractivity contribution in [2.24, 2.45) is 0 Å². The van der Waals surface area contributed by atoms with Gasteiger partial charge in [-0.15, -0.1) is 0 Å². The van der Waals surface area contributed by atoms with E-state index < -0.39 is 96.6 Å². The fourth-order valence-corrected chi connectivity index (χ4v) is 4.85. The predicted molar refractivity (Wildman–Crippen MR) is 140 cm³/mol. The first-order chi connectivity index (χ1) is 20.4. The highest BCUT2D eigenvalue weighted by molar-refractivity contribution is 5.88. The lowest BCUT2D eigenvalue weighted by Gasteiger charge is -2.44. The molecule has 0 saturated carbocycles. The zero-order valence-corrected chi connectivity index (χ0v) is 22.4. The standard InChI is InChI=1S/C27H30O16/c1-38-14-4-9(2-3-11(14)30)23-24(20(35)17-12(31)5-10(29)6-15(17)40-23)42-27-25(18(33)13(32)8-39-27)43-26-22(37)21(36)19(34)16(7-28)41-26/h2-6,13,16,18-19,21-22,25-34,36-37H,7-8H2,1H3/t13-,16-,18+,19+,21+,22-,25-,26+,27+/m1/s1. The van der Waals surface area contributed by atoms with Gasteiger partial charge in [0.2, 0.25) is 17.5 Å². The molecular weight excluding hydrogens is 580 g/mol. The number of fused-ring (bicyclic) bond motifs is 1. The molecule has 0 aliphatic carbocycles. The molecule has 234 valence electrons. The van der Waals surface area contributed by atoms with Crippen molar-refractivity contribution in [1.29, 1.82) is 0 Å². The van der Waals surface area contributed by atoms with Crippen molar-refractivity contribution in [2.45, 2.75) is 55.3 Å². The minimum absolute atomic E-state index is 0.0127. The van der Waals surface area contributed by atoms with Gasteiger partial charge < -0.3 is 74.1 Å². The Kier molecular flexibility index (Phi) is 8.66. The molecule has 43 heavy (non-hydrogen) atoms. The quantitative estimate of drug-likeness (QED) is 0.143. The van der Waals surface area contributed by atoms with Crippen molar-refractivity contribution >= 4 is 11.0 Å². The number of phenols is 3. The second kappa shape index (κ2) is 12.1. The molecule has 0 unspecified atom stereocenters. The molecule has 9 N–H and O–H groups in total. The van der Waals surface area contributed by atoms with E-state index in [-0.39, 0.29) is 28.4 Å². The Morgan fingerprint density at radius 2 is 1.65 bits per heavy atom. The highest BCUT2D eigenvalue weighted by atomic mass is 16.8. The molecular formula is C27H30O16. The lowest BCUT2D eigenvalue weighted by atomic mass is 9.99. The number of phenolic OH excluding ortho intramolecular Hbond substituents is 3. The van der Waals surface area contributed by atoms with E-state index in [1.54, 1.807) is 0 Å². The van der Waals surface area contributed by atoms with Crippen molar-refractivity contribution in [3.8, 4) is 40.1 Å². The van der Waals surface area contributed by atoms with Gasteiger partial charge in [-0.1, -0.05) is 0 Å². The Morgan fingerprint density at radius 3 is 2.35 bits per heavy atom. The summed E-state index contributed by atoms with van der Waals surface area (Å²) in [6.07, 6.45) is -15.3. The van der Waals surface area contributed by atoms with E-state index in [9.17, 15) is 50.8 Å². The van der Waals surface area contributed by atoms with E-state index in [0.717, 1.165) is 12.1 Å². The molecule has 2 aliphatic heterocycles. The summed E-state index contributed by atoms with van der Waals surface area (Å²) in [6.45, 7) is -1.28. The molecule has 0 bridgehead atoms. The van der Waals surface area contributed by atoms with Gasteiger partial charge in [0.15, 0.2) is 29.7 Å². The lowest BCUT2D eigenvalue weighted by molar-refractivity contribution is -0.348. The number of aliphatic hydroxyl groups excluding tert-OH is 6. The Balaban J connectivity index is 1.59. The van der Waals surface area contributed by atoms with Crippen LogP contribution in [0.25, 0.3) is 22.3 Å². The Bertz CT molecular complexity index is 1520. The maximum Gasteiger partial charge on any atom is 0.239 e. The molecule has 2 saturated heterocycles. The normalized spacial score (nSPS) is 31.2. The van der Waals surface area contributed by atoms with Crippen LogP contribution in [0.5, 0.6) is 28.7 Å². The van der Waals surface area contributed by atoms with Crippen molar-refractivity contribution < 1.29 is 74.1 Å². The molecule has 16 heteroatoms. The monoisotopic (exact) mass is 610 g/mol. The van der Waals surface area contributed by atoms with E-state index >= 15 is 0 Å². The number of hydrogen-bond donors (Lipinski definition) is 9. The summed E-state index contributed by atoms with van der Waals surface area (Å²) < 4.78 is 33.4. The van der Waals surface area contributed by atoms with Crippen LogP contribution in [0.2, 0.25) is 0 Å². The first-order valence-electron chi connectivity index (χ1n) is 13.0. The van der Waals surface area contributed by atoms with Crippen LogP contribution < -0.4 is 14.9 Å². The molecule has 1 aromatic heterocycles. The summed E-state index contributed by atoms with van der Waals surface area (Å²) in [5.41, 5.74) is -1.09. The molecule has 2 fully saturated rings. The summed E-state index contributed by atoms with van der Waals surface area (Å²) in [5, 5.41) is 91.3. The third-order valence-corrected chi connectivity index (χ3v) is 7.16. The van der Waals surface area contributed by atoms with Crippen molar-refractivity contribution in [2.75, 3.05) is 20.3 Å². The summed E-state index contributed by atoms with van der Waals surface area (Å²) in [7, 11) is 1.28. The minimum Gasteiger partial charge on any atom is -0.508 e. The highest BCUT2D eigenvalue weighted by Gasteiger charge is 2.49. The van der Waals surface area contributed by atoms with Crippen LogP contribution in [0.15, 0.2) is 39.5 Å². The van der Waals surface area contributed by atoms with Crippen molar-refractivity contribution in [3.05, 3.63) is 40.6 Å². The number of rotatable bonds is 7. The van der Waals surface area contributed by atoms with E-state index in [0.29, 0.717) is 0 Å². The molecule has 9 atom stereocenters. The number of methoxy groups -OCH3 is 1. The average Bonchev–Trinajstić information content (AvgIpc) is 2.97. The van der Waals surface area contributed by atoms with Crippen molar-refractivity contribution in [1.82, 2.24) is 0 Å². The number of hydrogen-bond acceptors (Lipinski definition) is 16. The maximum atomic E-state index is 13.7. The smallest absolute Gasteiger partial charge is 0.239 e. The SMILES string of the molecule is COc1cc(-c2oc3cc(O)cc(O)c3c(=O)c2O[C@@H]2OC[C@@H](O)[C@H](O)[C@H]2O[C@@H]2O[C@H](CO)[C@H](O)[C@H](O)[C@H]2O)ccc1O. The number of aliphatic hydroxyl groups is 6. The van der Waals surface area contributed by atoms with Gasteiger partial charge in [-0.05, 0) is 18.2 Å². The topological polar surface area (TPSA) is 258 Å². The third-order valence-electron chi connectivity index (χ3n) is 7.16. The highest BCUT2D eigenvalue weighted by Crippen LogP contribution is 2.40. The molecule has 3 aromatic rings. The van der Waals surface area contributed by atoms with Crippen LogP contribution in [-0.4, -0.2) is 122 Å². The second-order valence-corrected chi connectivity index (χ2v) is 9.99. The van der Waals surface area contributed by atoms with Crippen LogP contribution in [-0.2, 0) is 14.2 Å². The number of benzene rings is 2. The maximum absolute atomic E-state index is 13.7. The van der Waals surface area contributed by atoms with Crippen LogP contribution in [0.4, 0.5) is 0 Å². The molecule has 3 heterocycles. The van der Waals surface area contributed by atoms with Crippen LogP contribution in [0.3, 0.4) is 0 Å². The fraction of sp³-hybridized carbons (Fsp3) is 0.444. The Labute approximate surface area is 241 Å². The lowest BCUT2D eigenvalue weighted by Crippen LogP contribution is -2.63. The minimum atomic E-state index is -1.89. The van der Waals surface area contributed by atoms with E-state index in [2.05, 4.69) is 0 Å². The second-order valence-electron chi connectivity index (χ2n) is 9.99. The van der Waals surface area contributed by atoms with Gasteiger partial charge in [-0.25, -0.2) is 0 Å². The van der Waals surface area contributed by atoms with Crippen molar-refractivity contribution in [3.63, 3.8) is 0 Å². The van der Waals surface area contributed by atoms with Crippen LogP contribution in [0, 0.1) is 0 Å². The van der Waals surface area contributed by atoms with Gasteiger partial charge in [-0.3, -0.25) is 4.79 Å². The summed E-state index contributed by atoms with van der Waals surface area (Å²) in [4.78, 5) is 13.7. The molecule has 16 nitrogen and oxygen atoms in total. The largest absolute Gasteiger partial charge is 0.508 e. The third kappa shape index (κ3) is 5.67. The summed E-state index contributed by atoms with van der Waals surface area (Å²) in [5.74, 6) is -2.22. The van der Waals surface area contributed by atoms with Gasteiger partial charge in [0.05, 0.1) is 20.3 Å². The van der Waals surface area contributed by atoms with E-state index in [1.807, 2.05) is 0 Å². The molecule has 5 rings (SSSR count). The van der Waals surface area contributed by atoms with E-state index in [1.165, 1.54) is 25.3 Å². The van der Waals surface area contributed by atoms with Crippen LogP contribution in [0.1, 0.15) is 0 Å². The zero-order valence-electron chi connectivity index (χ0n) is 22.4. The molecule has 2 aliphatic rings. The van der Waals surface area contributed by atoms with Gasteiger partial charge >= 0.3 is 0 Å². The Morgan fingerprint density at radius 1 is 0.907 bits per heavy atom. The average molecular weight is 611 g/mol. The van der Waals surface area contributed by atoms with Gasteiger partial charge in [0.1, 0.15) is 59.1 Å². The summed E-state index contributed by atoms with van der Waals surface area (Å²) >= 11 is 0. The first-order valence-corrected chi connectivity index (χ1v) is 13.0. The molecule has 0 amide bonds. The fourth-order valence-electron chi connectivity index (χ4n) is 4.85. The molecule has 0 radical (unpaired) electrons. The number of aromatic hydroxyl groups is 3. The first kappa shape index (κ1) is 30.7. The van der Waals surface area contributed by atoms with Gasteiger partial charge in [0, 0.05) is 17.7 Å². The van der Waals surface area contributed by atoms with E-state index in [4.69, 9.17) is 28.1 Å². The van der Waals surface area contributed by atoms with Gasteiger partial charge in [0.25, 0.3) is 0 Å². The van der Waals surface area contributed by atoms with Gasteiger partial charge in [-0.2, -0.15) is 0 Å². The number of ether oxygens (including phenoxy) is 5. The Hall–Kier alpha value is -3.71.